The van der Waals surface area contributed by atoms with Crippen molar-refractivity contribution in [1.29, 1.82) is 0 Å². The summed E-state index contributed by atoms with van der Waals surface area (Å²) in [5.41, 5.74) is 0. The van der Waals surface area contributed by atoms with Gasteiger partial charge in [-0.3, -0.25) is 5.32 Å². The molecule has 0 spiro atoms. The van der Waals surface area contributed by atoms with E-state index in [1.54, 1.807) is 0 Å². The third-order valence-electron chi connectivity index (χ3n) is 1.65. The van der Waals surface area contributed by atoms with Gasteiger partial charge in [-0.05, 0) is 13.8 Å². The fraction of sp³-hybridized carbons (Fsp3) is 0.455. The SMILES string of the molecule is C=c1[nH]c(NC(=O)NCC)n/c1=C/C.CC. The molecule has 0 aliphatic carbocycles. The summed E-state index contributed by atoms with van der Waals surface area (Å²) in [6.07, 6.45) is 1.82. The summed E-state index contributed by atoms with van der Waals surface area (Å²) in [6.45, 7) is 12.0. The molecule has 1 aromatic heterocycles. The van der Waals surface area contributed by atoms with Gasteiger partial charge in [0.1, 0.15) is 0 Å². The molecule has 0 unspecified atom stereocenters. The molecular formula is C11H20N4O. The van der Waals surface area contributed by atoms with E-state index in [1.165, 1.54) is 0 Å². The Bertz CT molecular complexity index is 422. The number of aromatic amines is 1. The number of anilines is 1. The van der Waals surface area contributed by atoms with Gasteiger partial charge in [0, 0.05) is 6.54 Å². The standard InChI is InChI=1S/C9H14N4O.C2H6/c1-4-7-6(3)11-8(12-7)13-9(14)10-5-2;1-2/h4H,3,5H2,1-2H3,(H3,10,11,12,13,14);1-2H3/b7-4+;. The van der Waals surface area contributed by atoms with Crippen LogP contribution in [0.3, 0.4) is 0 Å². The minimum Gasteiger partial charge on any atom is -0.338 e. The Hall–Kier alpha value is -1.78. The second kappa shape index (κ2) is 7.50. The lowest BCUT2D eigenvalue weighted by Crippen LogP contribution is -2.28. The fourth-order valence-electron chi connectivity index (χ4n) is 1.03. The predicted octanol–water partition coefficient (Wildman–Crippen LogP) is 0.788. The maximum absolute atomic E-state index is 11.1. The number of hydrogen-bond acceptors (Lipinski definition) is 2. The molecule has 0 radical (unpaired) electrons. The normalized spacial score (nSPS) is 10.4. The van der Waals surface area contributed by atoms with Gasteiger partial charge >= 0.3 is 6.03 Å². The lowest BCUT2D eigenvalue weighted by atomic mass is 10.5. The van der Waals surface area contributed by atoms with Gasteiger partial charge in [0.15, 0.2) is 0 Å². The number of H-pyrrole nitrogens is 1. The van der Waals surface area contributed by atoms with Crippen LogP contribution >= 0.6 is 0 Å². The highest BCUT2D eigenvalue weighted by molar-refractivity contribution is 5.87. The summed E-state index contributed by atoms with van der Waals surface area (Å²) in [4.78, 5) is 18.1. The van der Waals surface area contributed by atoms with Crippen LogP contribution in [0, 0.1) is 0 Å². The average molecular weight is 224 g/mol. The van der Waals surface area contributed by atoms with Gasteiger partial charge in [0.25, 0.3) is 0 Å². The average Bonchev–Trinajstić information content (AvgIpc) is 2.62. The van der Waals surface area contributed by atoms with Crippen LogP contribution in [0.25, 0.3) is 12.7 Å². The topological polar surface area (TPSA) is 69.8 Å². The summed E-state index contributed by atoms with van der Waals surface area (Å²) in [6, 6.07) is -0.274. The van der Waals surface area contributed by atoms with E-state index in [0.29, 0.717) is 17.8 Å². The summed E-state index contributed by atoms with van der Waals surface area (Å²) in [5.74, 6) is 0.411. The molecule has 2 amide bonds. The lowest BCUT2D eigenvalue weighted by Gasteiger charge is -2.00. The van der Waals surface area contributed by atoms with Crippen molar-refractivity contribution in [2.24, 2.45) is 0 Å². The van der Waals surface area contributed by atoms with Crippen LogP contribution in [0.4, 0.5) is 10.7 Å². The first-order chi connectivity index (χ1) is 7.67. The summed E-state index contributed by atoms with van der Waals surface area (Å²) in [5, 5.41) is 6.60. The van der Waals surface area contributed by atoms with Crippen LogP contribution in [-0.2, 0) is 0 Å². The fourth-order valence-corrected chi connectivity index (χ4v) is 1.03. The third kappa shape index (κ3) is 4.16. The van der Waals surface area contributed by atoms with Crippen molar-refractivity contribution in [3.8, 4) is 0 Å². The number of nitrogens with zero attached hydrogens (tertiary/aromatic N) is 1. The summed E-state index contributed by atoms with van der Waals surface area (Å²) < 4.78 is 0. The van der Waals surface area contributed by atoms with Crippen LogP contribution in [0.5, 0.6) is 0 Å². The predicted molar refractivity (Wildman–Crippen MR) is 67.5 cm³/mol. The number of urea groups is 1. The number of hydrogen-bond donors (Lipinski definition) is 3. The van der Waals surface area contributed by atoms with Crippen molar-refractivity contribution in [2.45, 2.75) is 27.7 Å². The van der Waals surface area contributed by atoms with Gasteiger partial charge < -0.3 is 10.3 Å². The largest absolute Gasteiger partial charge is 0.338 e. The Balaban J connectivity index is 0.00000106. The number of nitrogens with one attached hydrogen (secondary N) is 3. The highest BCUT2D eigenvalue weighted by Gasteiger charge is 2.01. The van der Waals surface area contributed by atoms with Crippen molar-refractivity contribution in [1.82, 2.24) is 15.3 Å². The van der Waals surface area contributed by atoms with Crippen LogP contribution in [0.1, 0.15) is 27.7 Å². The molecule has 0 aromatic carbocycles. The molecule has 1 heterocycles. The van der Waals surface area contributed by atoms with E-state index < -0.39 is 0 Å². The highest BCUT2D eigenvalue weighted by atomic mass is 16.2. The van der Waals surface area contributed by atoms with Gasteiger partial charge in [0.05, 0.1) is 10.7 Å². The van der Waals surface area contributed by atoms with Crippen LogP contribution in [0.15, 0.2) is 0 Å². The Morgan fingerprint density at radius 2 is 2.19 bits per heavy atom. The molecular weight excluding hydrogens is 204 g/mol. The zero-order valence-electron chi connectivity index (χ0n) is 10.3. The quantitative estimate of drug-likeness (QED) is 0.695. The molecule has 16 heavy (non-hydrogen) atoms. The number of carbonyl (C=O) groups is 1. The zero-order chi connectivity index (χ0) is 12.6. The second-order valence-electron chi connectivity index (χ2n) is 2.72. The summed E-state index contributed by atoms with van der Waals surface area (Å²) >= 11 is 0. The zero-order valence-corrected chi connectivity index (χ0v) is 10.3. The molecule has 5 nitrogen and oxygen atoms in total. The van der Waals surface area contributed by atoms with Crippen molar-refractivity contribution >= 4 is 24.6 Å². The molecule has 0 fully saturated rings. The van der Waals surface area contributed by atoms with Gasteiger partial charge in [-0.25, -0.2) is 9.78 Å². The van der Waals surface area contributed by atoms with E-state index in [-0.39, 0.29) is 6.03 Å². The van der Waals surface area contributed by atoms with E-state index in [9.17, 15) is 4.79 Å². The van der Waals surface area contributed by atoms with Crippen LogP contribution in [0.2, 0.25) is 0 Å². The Labute approximate surface area is 95.7 Å². The molecule has 0 aliphatic heterocycles. The maximum Gasteiger partial charge on any atom is 0.321 e. The molecule has 3 N–H and O–H groups in total. The van der Waals surface area contributed by atoms with E-state index >= 15 is 0 Å². The number of carbonyl (C=O) groups excluding carboxylic acids is 1. The Morgan fingerprint density at radius 3 is 2.62 bits per heavy atom. The van der Waals surface area contributed by atoms with Gasteiger partial charge in [0.2, 0.25) is 5.95 Å². The molecule has 1 aromatic rings. The first kappa shape index (κ1) is 14.2. The molecule has 0 aliphatic rings. The number of amides is 2. The monoisotopic (exact) mass is 224 g/mol. The van der Waals surface area contributed by atoms with Gasteiger partial charge in [-0.1, -0.05) is 26.5 Å². The minimum atomic E-state index is -0.274. The van der Waals surface area contributed by atoms with Crippen molar-refractivity contribution in [2.75, 3.05) is 11.9 Å². The van der Waals surface area contributed by atoms with E-state index in [2.05, 4.69) is 27.2 Å². The van der Waals surface area contributed by atoms with Crippen LogP contribution in [-0.4, -0.2) is 22.5 Å². The molecule has 5 heteroatoms. The maximum atomic E-state index is 11.1. The Kier molecular flexibility index (Phi) is 6.67. The molecule has 90 valence electrons. The summed E-state index contributed by atoms with van der Waals surface area (Å²) in [7, 11) is 0. The van der Waals surface area contributed by atoms with E-state index in [0.717, 1.165) is 5.35 Å². The van der Waals surface area contributed by atoms with Crippen molar-refractivity contribution < 1.29 is 4.79 Å². The van der Waals surface area contributed by atoms with Crippen molar-refractivity contribution in [3.05, 3.63) is 10.7 Å². The van der Waals surface area contributed by atoms with E-state index in [4.69, 9.17) is 0 Å². The molecule has 0 atom stereocenters. The van der Waals surface area contributed by atoms with Gasteiger partial charge in [-0.15, -0.1) is 0 Å². The first-order valence-electron chi connectivity index (χ1n) is 5.43. The number of imidazole rings is 1. The Morgan fingerprint density at radius 1 is 1.56 bits per heavy atom. The molecule has 0 saturated heterocycles. The smallest absolute Gasteiger partial charge is 0.321 e. The van der Waals surface area contributed by atoms with E-state index in [1.807, 2.05) is 33.8 Å². The first-order valence-corrected chi connectivity index (χ1v) is 5.43. The minimum absolute atomic E-state index is 0.274. The third-order valence-corrected chi connectivity index (χ3v) is 1.65. The lowest BCUT2D eigenvalue weighted by molar-refractivity contribution is 0.252. The van der Waals surface area contributed by atoms with Crippen molar-refractivity contribution in [3.63, 3.8) is 0 Å². The highest BCUT2D eigenvalue weighted by Crippen LogP contribution is 1.87. The molecule has 0 bridgehead atoms. The molecule has 1 rings (SSSR count). The van der Waals surface area contributed by atoms with Gasteiger partial charge in [-0.2, -0.15) is 0 Å². The molecule has 0 saturated carbocycles. The van der Waals surface area contributed by atoms with Crippen LogP contribution < -0.4 is 21.3 Å². The second-order valence-corrected chi connectivity index (χ2v) is 2.72. The number of aromatic nitrogens is 2. The number of rotatable bonds is 2.